The molecule has 2 aliphatic heterocycles. The average molecular weight is 346 g/mol. The number of hydrogen-bond acceptors (Lipinski definition) is 4. The quantitative estimate of drug-likeness (QED) is 0.818. The fourth-order valence-electron chi connectivity index (χ4n) is 4.33. The molecule has 5 nitrogen and oxygen atoms in total. The second kappa shape index (κ2) is 7.75. The van der Waals surface area contributed by atoms with Crippen molar-refractivity contribution < 1.29 is 14.3 Å². The van der Waals surface area contributed by atoms with Crippen LogP contribution in [-0.2, 0) is 16.0 Å². The number of carbonyl (C=O) groups excluding carboxylic acids is 1. The van der Waals surface area contributed by atoms with Crippen LogP contribution in [0.25, 0.3) is 0 Å². The van der Waals surface area contributed by atoms with Crippen molar-refractivity contribution in [2.75, 3.05) is 54.1 Å². The second-order valence-corrected chi connectivity index (χ2v) is 7.74. The third kappa shape index (κ3) is 4.15. The van der Waals surface area contributed by atoms with Crippen LogP contribution in [0.1, 0.15) is 18.4 Å². The lowest BCUT2D eigenvalue weighted by Gasteiger charge is -2.38. The van der Waals surface area contributed by atoms with Crippen molar-refractivity contribution in [3.63, 3.8) is 0 Å². The highest BCUT2D eigenvalue weighted by Gasteiger charge is 2.48. The van der Waals surface area contributed by atoms with Gasteiger partial charge >= 0.3 is 0 Å². The van der Waals surface area contributed by atoms with Crippen molar-refractivity contribution in [1.82, 2.24) is 9.80 Å². The molecule has 0 aromatic heterocycles. The predicted octanol–water partition coefficient (Wildman–Crippen LogP) is 2.05. The minimum atomic E-state index is 0.223. The van der Waals surface area contributed by atoms with Crippen LogP contribution in [-0.4, -0.2) is 69.8 Å². The van der Waals surface area contributed by atoms with Crippen molar-refractivity contribution >= 4 is 5.91 Å². The number of amides is 1. The number of rotatable bonds is 5. The molecule has 1 aromatic carbocycles. The van der Waals surface area contributed by atoms with Gasteiger partial charge in [-0.2, -0.15) is 0 Å². The van der Waals surface area contributed by atoms with E-state index in [0.29, 0.717) is 12.3 Å². The molecule has 0 radical (unpaired) electrons. The Kier molecular flexibility index (Phi) is 5.64. The Hall–Kier alpha value is -1.59. The summed E-state index contributed by atoms with van der Waals surface area (Å²) in [6.45, 7) is 4.41. The molecule has 0 N–H and O–H groups in total. The average Bonchev–Trinajstić information content (AvgIpc) is 2.93. The monoisotopic (exact) mass is 346 g/mol. The summed E-state index contributed by atoms with van der Waals surface area (Å²) in [6.07, 6.45) is 2.57. The number of carbonyl (C=O) groups is 1. The van der Waals surface area contributed by atoms with Crippen LogP contribution in [0, 0.1) is 11.3 Å². The van der Waals surface area contributed by atoms with Crippen molar-refractivity contribution in [2.24, 2.45) is 11.3 Å². The highest BCUT2D eigenvalue weighted by Crippen LogP contribution is 2.44. The largest absolute Gasteiger partial charge is 0.497 e. The molecule has 25 heavy (non-hydrogen) atoms. The molecule has 2 aliphatic rings. The van der Waals surface area contributed by atoms with Crippen LogP contribution < -0.4 is 4.74 Å². The van der Waals surface area contributed by atoms with Gasteiger partial charge in [-0.1, -0.05) is 12.1 Å². The highest BCUT2D eigenvalue weighted by molar-refractivity contribution is 5.79. The van der Waals surface area contributed by atoms with E-state index in [1.165, 1.54) is 0 Å². The van der Waals surface area contributed by atoms with E-state index in [2.05, 4.69) is 23.9 Å². The third-order valence-electron chi connectivity index (χ3n) is 5.73. The first-order valence-corrected chi connectivity index (χ1v) is 9.15. The SMILES string of the molecule is COc1cccc(CC(=O)N2C[C@H](CN(C)C)C3(CCOCC3)C2)c1. The van der Waals surface area contributed by atoms with E-state index in [9.17, 15) is 4.79 Å². The Balaban J connectivity index is 1.70. The maximum absolute atomic E-state index is 12.9. The number of likely N-dealkylation sites (tertiary alicyclic amines) is 1. The van der Waals surface area contributed by atoms with Gasteiger partial charge in [-0.3, -0.25) is 4.79 Å². The number of methoxy groups -OCH3 is 1. The van der Waals surface area contributed by atoms with Gasteiger partial charge in [0.05, 0.1) is 13.5 Å². The Labute approximate surface area is 150 Å². The lowest BCUT2D eigenvalue weighted by atomic mass is 9.72. The fraction of sp³-hybridized carbons (Fsp3) is 0.650. The maximum Gasteiger partial charge on any atom is 0.227 e. The van der Waals surface area contributed by atoms with Gasteiger partial charge in [0.25, 0.3) is 0 Å². The molecule has 1 amide bonds. The molecule has 2 fully saturated rings. The van der Waals surface area contributed by atoms with Crippen molar-refractivity contribution in [3.05, 3.63) is 29.8 Å². The third-order valence-corrected chi connectivity index (χ3v) is 5.73. The van der Waals surface area contributed by atoms with Gasteiger partial charge in [0.1, 0.15) is 5.75 Å². The minimum absolute atomic E-state index is 0.223. The Morgan fingerprint density at radius 2 is 2.12 bits per heavy atom. The zero-order chi connectivity index (χ0) is 17.9. The van der Waals surface area contributed by atoms with Gasteiger partial charge in [0.15, 0.2) is 0 Å². The number of nitrogens with zero attached hydrogens (tertiary/aromatic N) is 2. The highest BCUT2D eigenvalue weighted by atomic mass is 16.5. The number of ether oxygens (including phenoxy) is 2. The second-order valence-electron chi connectivity index (χ2n) is 7.74. The van der Waals surface area contributed by atoms with Crippen LogP contribution >= 0.6 is 0 Å². The molecular weight excluding hydrogens is 316 g/mol. The van der Waals surface area contributed by atoms with Crippen LogP contribution in [0.4, 0.5) is 0 Å². The van der Waals surface area contributed by atoms with E-state index < -0.39 is 0 Å². The van der Waals surface area contributed by atoms with E-state index in [-0.39, 0.29) is 11.3 Å². The van der Waals surface area contributed by atoms with Crippen LogP contribution in [0.3, 0.4) is 0 Å². The summed E-state index contributed by atoms with van der Waals surface area (Å²) in [5.41, 5.74) is 1.24. The van der Waals surface area contributed by atoms with Crippen molar-refractivity contribution in [1.29, 1.82) is 0 Å². The van der Waals surface area contributed by atoms with Crippen molar-refractivity contribution in [2.45, 2.75) is 19.3 Å². The zero-order valence-corrected chi connectivity index (χ0v) is 15.7. The first-order valence-electron chi connectivity index (χ1n) is 9.15. The van der Waals surface area contributed by atoms with Crippen LogP contribution in [0.5, 0.6) is 5.75 Å². The molecule has 1 aromatic rings. The number of benzene rings is 1. The minimum Gasteiger partial charge on any atom is -0.497 e. The van der Waals surface area contributed by atoms with E-state index in [1.54, 1.807) is 7.11 Å². The summed E-state index contributed by atoms with van der Waals surface area (Å²) in [7, 11) is 5.89. The van der Waals surface area contributed by atoms with Crippen LogP contribution in [0.15, 0.2) is 24.3 Å². The normalized spacial score (nSPS) is 22.6. The predicted molar refractivity (Wildman–Crippen MR) is 97.8 cm³/mol. The van der Waals surface area contributed by atoms with Gasteiger partial charge < -0.3 is 19.3 Å². The fourth-order valence-corrected chi connectivity index (χ4v) is 4.33. The lowest BCUT2D eigenvalue weighted by molar-refractivity contribution is -0.130. The van der Waals surface area contributed by atoms with E-state index in [4.69, 9.17) is 9.47 Å². The molecule has 1 spiro atoms. The summed E-state index contributed by atoms with van der Waals surface area (Å²) in [5, 5.41) is 0. The van der Waals surface area contributed by atoms with Crippen LogP contribution in [0.2, 0.25) is 0 Å². The summed E-state index contributed by atoms with van der Waals surface area (Å²) in [4.78, 5) is 17.2. The maximum atomic E-state index is 12.9. The smallest absolute Gasteiger partial charge is 0.227 e. The molecule has 2 saturated heterocycles. The summed E-state index contributed by atoms with van der Waals surface area (Å²) >= 11 is 0. The summed E-state index contributed by atoms with van der Waals surface area (Å²) in [6, 6.07) is 7.81. The van der Waals surface area contributed by atoms with Gasteiger partial charge in [0, 0.05) is 32.8 Å². The molecule has 0 saturated carbocycles. The standard InChI is InChI=1S/C20H30N2O3/c1-21(2)13-17-14-22(15-20(17)7-9-25-10-8-20)19(23)12-16-5-4-6-18(11-16)24-3/h4-6,11,17H,7-10,12-15H2,1-3H3/t17-/m0/s1. The molecule has 0 aliphatic carbocycles. The van der Waals surface area contributed by atoms with Gasteiger partial charge in [-0.15, -0.1) is 0 Å². The molecule has 3 rings (SSSR count). The van der Waals surface area contributed by atoms with E-state index in [0.717, 1.165) is 57.0 Å². The van der Waals surface area contributed by atoms with Gasteiger partial charge in [-0.25, -0.2) is 0 Å². The van der Waals surface area contributed by atoms with E-state index >= 15 is 0 Å². The topological polar surface area (TPSA) is 42.0 Å². The molecule has 138 valence electrons. The molecule has 0 bridgehead atoms. The van der Waals surface area contributed by atoms with Gasteiger partial charge in [0.2, 0.25) is 5.91 Å². The van der Waals surface area contributed by atoms with Crippen molar-refractivity contribution in [3.8, 4) is 5.75 Å². The Bertz CT molecular complexity index is 596. The van der Waals surface area contributed by atoms with E-state index in [1.807, 2.05) is 24.3 Å². The molecule has 0 unspecified atom stereocenters. The molecular formula is C20H30N2O3. The first kappa shape index (κ1) is 18.2. The summed E-state index contributed by atoms with van der Waals surface area (Å²) in [5.74, 6) is 1.55. The Morgan fingerprint density at radius 3 is 2.80 bits per heavy atom. The zero-order valence-electron chi connectivity index (χ0n) is 15.7. The molecule has 1 atom stereocenters. The molecule has 2 heterocycles. The first-order chi connectivity index (χ1) is 12.0. The molecule has 5 heteroatoms. The van der Waals surface area contributed by atoms with Gasteiger partial charge in [-0.05, 0) is 56.0 Å². The summed E-state index contributed by atoms with van der Waals surface area (Å²) < 4.78 is 10.9. The Morgan fingerprint density at radius 1 is 1.36 bits per heavy atom. The number of hydrogen-bond donors (Lipinski definition) is 0. The lowest BCUT2D eigenvalue weighted by Crippen LogP contribution is -2.41.